The standard InChI is InChI=1S/C15H19NO2S/c1-2-4-16-5-3-11-10-19-15-9-14-13(8-12(11)15)17-6-7-18-14/h8-10,16H,2-7H2,1H3. The Morgan fingerprint density at radius 3 is 2.74 bits per heavy atom. The molecule has 2 heterocycles. The van der Waals surface area contributed by atoms with Gasteiger partial charge in [-0.25, -0.2) is 0 Å². The van der Waals surface area contributed by atoms with Crippen LogP contribution in [-0.4, -0.2) is 26.3 Å². The fourth-order valence-corrected chi connectivity index (χ4v) is 3.34. The van der Waals surface area contributed by atoms with Crippen molar-refractivity contribution in [2.24, 2.45) is 0 Å². The van der Waals surface area contributed by atoms with E-state index in [4.69, 9.17) is 9.47 Å². The summed E-state index contributed by atoms with van der Waals surface area (Å²) >= 11 is 1.79. The van der Waals surface area contributed by atoms with Gasteiger partial charge in [0.1, 0.15) is 13.2 Å². The van der Waals surface area contributed by atoms with Crippen LogP contribution >= 0.6 is 11.3 Å². The molecule has 1 aromatic heterocycles. The summed E-state index contributed by atoms with van der Waals surface area (Å²) in [6, 6.07) is 4.24. The summed E-state index contributed by atoms with van der Waals surface area (Å²) in [4.78, 5) is 0. The van der Waals surface area contributed by atoms with Crippen molar-refractivity contribution in [2.45, 2.75) is 19.8 Å². The van der Waals surface area contributed by atoms with Crippen LogP contribution in [0.15, 0.2) is 17.5 Å². The average Bonchev–Trinajstić information content (AvgIpc) is 2.83. The number of rotatable bonds is 5. The second kappa shape index (κ2) is 5.80. The van der Waals surface area contributed by atoms with Crippen LogP contribution < -0.4 is 14.8 Å². The molecular weight excluding hydrogens is 258 g/mol. The molecule has 102 valence electrons. The van der Waals surface area contributed by atoms with Crippen molar-refractivity contribution in [1.29, 1.82) is 0 Å². The second-order valence-electron chi connectivity index (χ2n) is 4.75. The van der Waals surface area contributed by atoms with Crippen LogP contribution in [0.3, 0.4) is 0 Å². The van der Waals surface area contributed by atoms with Gasteiger partial charge in [0.15, 0.2) is 11.5 Å². The zero-order chi connectivity index (χ0) is 13.1. The third kappa shape index (κ3) is 2.69. The van der Waals surface area contributed by atoms with E-state index in [9.17, 15) is 0 Å². The molecule has 4 heteroatoms. The quantitative estimate of drug-likeness (QED) is 0.851. The molecule has 1 N–H and O–H groups in total. The number of nitrogens with one attached hydrogen (secondary N) is 1. The zero-order valence-electron chi connectivity index (χ0n) is 11.2. The smallest absolute Gasteiger partial charge is 0.162 e. The Hall–Kier alpha value is -1.26. The molecule has 0 fully saturated rings. The molecule has 0 amide bonds. The van der Waals surface area contributed by atoms with E-state index in [0.29, 0.717) is 13.2 Å². The first-order chi connectivity index (χ1) is 9.38. The molecule has 1 aliphatic heterocycles. The molecule has 0 radical (unpaired) electrons. The number of hydrogen-bond acceptors (Lipinski definition) is 4. The normalized spacial score (nSPS) is 13.9. The summed E-state index contributed by atoms with van der Waals surface area (Å²) < 4.78 is 12.6. The van der Waals surface area contributed by atoms with Crippen molar-refractivity contribution in [3.8, 4) is 11.5 Å². The Bertz CT molecular complexity index is 565. The minimum atomic E-state index is 0.649. The van der Waals surface area contributed by atoms with Gasteiger partial charge in [0.05, 0.1) is 0 Å². The Kier molecular flexibility index (Phi) is 3.89. The molecule has 2 aromatic rings. The van der Waals surface area contributed by atoms with Crippen molar-refractivity contribution >= 4 is 21.4 Å². The maximum atomic E-state index is 5.66. The van der Waals surface area contributed by atoms with E-state index < -0.39 is 0 Å². The van der Waals surface area contributed by atoms with Crippen LogP contribution in [0.5, 0.6) is 11.5 Å². The topological polar surface area (TPSA) is 30.5 Å². The third-order valence-corrected chi connectivity index (χ3v) is 4.31. The van der Waals surface area contributed by atoms with Gasteiger partial charge >= 0.3 is 0 Å². The molecule has 0 aliphatic carbocycles. The molecule has 0 atom stereocenters. The van der Waals surface area contributed by atoms with Crippen LogP contribution in [0.1, 0.15) is 18.9 Å². The second-order valence-corrected chi connectivity index (χ2v) is 5.66. The van der Waals surface area contributed by atoms with Crippen LogP contribution in [0.2, 0.25) is 0 Å². The van der Waals surface area contributed by atoms with Crippen molar-refractivity contribution in [3.05, 3.63) is 23.1 Å². The molecule has 1 aromatic carbocycles. The summed E-state index contributed by atoms with van der Waals surface area (Å²) in [5, 5.41) is 7.02. The van der Waals surface area contributed by atoms with E-state index in [2.05, 4.69) is 29.8 Å². The Labute approximate surface area is 117 Å². The highest BCUT2D eigenvalue weighted by atomic mass is 32.1. The van der Waals surface area contributed by atoms with E-state index in [-0.39, 0.29) is 0 Å². The van der Waals surface area contributed by atoms with Gasteiger partial charge in [-0.05, 0) is 48.3 Å². The molecule has 19 heavy (non-hydrogen) atoms. The van der Waals surface area contributed by atoms with Crippen molar-refractivity contribution in [2.75, 3.05) is 26.3 Å². The summed E-state index contributed by atoms with van der Waals surface area (Å²) in [7, 11) is 0. The summed E-state index contributed by atoms with van der Waals surface area (Å²) in [6.07, 6.45) is 2.25. The van der Waals surface area contributed by atoms with Crippen molar-refractivity contribution < 1.29 is 9.47 Å². The number of hydrogen-bond donors (Lipinski definition) is 1. The van der Waals surface area contributed by atoms with Crippen molar-refractivity contribution in [1.82, 2.24) is 5.32 Å². The van der Waals surface area contributed by atoms with Gasteiger partial charge in [-0.1, -0.05) is 6.92 Å². The number of ether oxygens (including phenoxy) is 2. The van der Waals surface area contributed by atoms with Gasteiger partial charge in [0, 0.05) is 10.8 Å². The molecule has 0 unspecified atom stereocenters. The lowest BCUT2D eigenvalue weighted by molar-refractivity contribution is 0.172. The zero-order valence-corrected chi connectivity index (χ0v) is 12.0. The molecule has 0 spiro atoms. The van der Waals surface area contributed by atoms with E-state index >= 15 is 0 Å². The molecule has 0 bridgehead atoms. The molecule has 0 saturated heterocycles. The first-order valence-corrected chi connectivity index (χ1v) is 7.77. The predicted molar refractivity (Wildman–Crippen MR) is 79.7 cm³/mol. The molecular formula is C15H19NO2S. The SMILES string of the molecule is CCCNCCc1csc2cc3c(cc12)OCCO3. The highest BCUT2D eigenvalue weighted by Gasteiger charge is 2.15. The summed E-state index contributed by atoms with van der Waals surface area (Å²) in [6.45, 7) is 5.62. The van der Waals surface area contributed by atoms with Gasteiger partial charge in [0.25, 0.3) is 0 Å². The van der Waals surface area contributed by atoms with E-state index in [0.717, 1.165) is 31.0 Å². The Morgan fingerprint density at radius 2 is 1.95 bits per heavy atom. The maximum absolute atomic E-state index is 5.66. The minimum Gasteiger partial charge on any atom is -0.486 e. The van der Waals surface area contributed by atoms with Crippen LogP contribution in [-0.2, 0) is 6.42 Å². The third-order valence-electron chi connectivity index (χ3n) is 3.32. The fourth-order valence-electron chi connectivity index (χ4n) is 2.34. The first-order valence-electron chi connectivity index (χ1n) is 6.89. The molecule has 1 aliphatic rings. The highest BCUT2D eigenvalue weighted by Crippen LogP contribution is 2.38. The highest BCUT2D eigenvalue weighted by molar-refractivity contribution is 7.17. The fraction of sp³-hybridized carbons (Fsp3) is 0.467. The largest absolute Gasteiger partial charge is 0.486 e. The van der Waals surface area contributed by atoms with Crippen LogP contribution in [0.25, 0.3) is 10.1 Å². The van der Waals surface area contributed by atoms with Gasteiger partial charge in [-0.3, -0.25) is 0 Å². The van der Waals surface area contributed by atoms with Gasteiger partial charge < -0.3 is 14.8 Å². The lowest BCUT2D eigenvalue weighted by Gasteiger charge is -2.18. The Morgan fingerprint density at radius 1 is 1.16 bits per heavy atom. The van der Waals surface area contributed by atoms with Crippen molar-refractivity contribution in [3.63, 3.8) is 0 Å². The lowest BCUT2D eigenvalue weighted by Crippen LogP contribution is -2.17. The lowest BCUT2D eigenvalue weighted by atomic mass is 10.1. The van der Waals surface area contributed by atoms with Gasteiger partial charge in [-0.15, -0.1) is 11.3 Å². The number of fused-ring (bicyclic) bond motifs is 2. The van der Waals surface area contributed by atoms with Gasteiger partial charge in [0.2, 0.25) is 0 Å². The van der Waals surface area contributed by atoms with Crippen LogP contribution in [0, 0.1) is 0 Å². The number of benzene rings is 1. The summed E-state index contributed by atoms with van der Waals surface area (Å²) in [5.74, 6) is 1.77. The predicted octanol–water partition coefficient (Wildman–Crippen LogP) is 3.21. The number of thiophene rings is 1. The van der Waals surface area contributed by atoms with E-state index in [1.807, 2.05) is 0 Å². The molecule has 3 rings (SSSR count). The minimum absolute atomic E-state index is 0.649. The molecule has 0 saturated carbocycles. The Balaban J connectivity index is 1.81. The molecule has 3 nitrogen and oxygen atoms in total. The van der Waals surface area contributed by atoms with Gasteiger partial charge in [-0.2, -0.15) is 0 Å². The summed E-state index contributed by atoms with van der Waals surface area (Å²) in [5.41, 5.74) is 1.40. The van der Waals surface area contributed by atoms with E-state index in [1.165, 1.54) is 22.1 Å². The van der Waals surface area contributed by atoms with E-state index in [1.54, 1.807) is 11.3 Å². The average molecular weight is 277 g/mol. The van der Waals surface area contributed by atoms with Crippen LogP contribution in [0.4, 0.5) is 0 Å². The first kappa shape index (κ1) is 12.8. The monoisotopic (exact) mass is 277 g/mol. The maximum Gasteiger partial charge on any atom is 0.162 e.